The van der Waals surface area contributed by atoms with Crippen molar-refractivity contribution in [3.8, 4) is 0 Å². The lowest BCUT2D eigenvalue weighted by molar-refractivity contribution is -0.129. The molecule has 0 aromatic rings. The molecule has 0 atom stereocenters. The molecule has 0 spiro atoms. The lowest BCUT2D eigenvalue weighted by Crippen LogP contribution is -2.43. The third-order valence-electron chi connectivity index (χ3n) is 3.46. The van der Waals surface area contributed by atoms with Crippen LogP contribution in [-0.4, -0.2) is 19.0 Å². The Balaban J connectivity index is 2.35. The van der Waals surface area contributed by atoms with Crippen LogP contribution in [0.5, 0.6) is 0 Å². The summed E-state index contributed by atoms with van der Waals surface area (Å²) in [6.07, 6.45) is 3.68. The molecule has 3 heteroatoms. The van der Waals surface area contributed by atoms with E-state index in [0.29, 0.717) is 12.0 Å². The lowest BCUT2D eigenvalue weighted by Gasteiger charge is -2.23. The second-order valence-corrected chi connectivity index (χ2v) is 5.12. The number of hydrogen-bond acceptors (Lipinski definition) is 2. The SMILES string of the molecule is CCC1(CNC(=O)C(C)(C)CN)CC1. The zero-order chi connectivity index (χ0) is 10.8. The number of carbonyl (C=O) groups excluding carboxylic acids is 1. The van der Waals surface area contributed by atoms with Crippen LogP contribution < -0.4 is 11.1 Å². The maximum atomic E-state index is 11.7. The van der Waals surface area contributed by atoms with Gasteiger partial charge in [-0.2, -0.15) is 0 Å². The Hall–Kier alpha value is -0.570. The molecule has 1 rings (SSSR count). The normalized spacial score (nSPS) is 19.1. The molecule has 3 nitrogen and oxygen atoms in total. The quantitative estimate of drug-likeness (QED) is 0.699. The highest BCUT2D eigenvalue weighted by molar-refractivity contribution is 5.82. The molecule has 0 heterocycles. The molecule has 0 aromatic carbocycles. The van der Waals surface area contributed by atoms with Crippen molar-refractivity contribution in [3.05, 3.63) is 0 Å². The number of rotatable bonds is 5. The topological polar surface area (TPSA) is 55.1 Å². The van der Waals surface area contributed by atoms with Crippen molar-refractivity contribution < 1.29 is 4.79 Å². The Kier molecular flexibility index (Phi) is 3.20. The maximum Gasteiger partial charge on any atom is 0.226 e. The minimum Gasteiger partial charge on any atom is -0.355 e. The van der Waals surface area contributed by atoms with Gasteiger partial charge in [0.1, 0.15) is 0 Å². The standard InChI is InChI=1S/C11H22N2O/c1-4-11(5-6-11)8-13-9(14)10(2,3)7-12/h4-8,12H2,1-3H3,(H,13,14). The summed E-state index contributed by atoms with van der Waals surface area (Å²) < 4.78 is 0. The van der Waals surface area contributed by atoms with Gasteiger partial charge in [0.25, 0.3) is 0 Å². The monoisotopic (exact) mass is 198 g/mol. The maximum absolute atomic E-state index is 11.7. The molecule has 0 radical (unpaired) electrons. The van der Waals surface area contributed by atoms with Crippen molar-refractivity contribution in [3.63, 3.8) is 0 Å². The van der Waals surface area contributed by atoms with E-state index >= 15 is 0 Å². The predicted molar refractivity (Wildman–Crippen MR) is 57.8 cm³/mol. The number of nitrogens with two attached hydrogens (primary N) is 1. The third-order valence-corrected chi connectivity index (χ3v) is 3.46. The van der Waals surface area contributed by atoms with Gasteiger partial charge in [-0.25, -0.2) is 0 Å². The molecule has 3 N–H and O–H groups in total. The predicted octanol–water partition coefficient (Wildman–Crippen LogP) is 1.28. The van der Waals surface area contributed by atoms with E-state index < -0.39 is 5.41 Å². The Labute approximate surface area is 86.4 Å². The zero-order valence-corrected chi connectivity index (χ0v) is 9.52. The summed E-state index contributed by atoms with van der Waals surface area (Å²) in [4.78, 5) is 11.7. The molecule has 82 valence electrons. The first kappa shape index (κ1) is 11.5. The molecule has 1 saturated carbocycles. The number of nitrogens with one attached hydrogen (secondary N) is 1. The third kappa shape index (κ3) is 2.47. The van der Waals surface area contributed by atoms with Crippen molar-refractivity contribution in [1.29, 1.82) is 0 Å². The van der Waals surface area contributed by atoms with Crippen LogP contribution in [0.15, 0.2) is 0 Å². The number of carbonyl (C=O) groups is 1. The van der Waals surface area contributed by atoms with Crippen LogP contribution in [0.2, 0.25) is 0 Å². The van der Waals surface area contributed by atoms with Gasteiger partial charge in [0.2, 0.25) is 5.91 Å². The molecular weight excluding hydrogens is 176 g/mol. The van der Waals surface area contributed by atoms with Crippen LogP contribution >= 0.6 is 0 Å². The summed E-state index contributed by atoms with van der Waals surface area (Å²) in [7, 11) is 0. The van der Waals surface area contributed by atoms with Crippen molar-refractivity contribution in [2.45, 2.75) is 40.0 Å². The molecule has 0 aromatic heterocycles. The summed E-state index contributed by atoms with van der Waals surface area (Å²) in [6, 6.07) is 0. The lowest BCUT2D eigenvalue weighted by atomic mass is 9.92. The van der Waals surface area contributed by atoms with Gasteiger partial charge in [-0.3, -0.25) is 4.79 Å². The largest absolute Gasteiger partial charge is 0.355 e. The first-order valence-corrected chi connectivity index (χ1v) is 5.44. The van der Waals surface area contributed by atoms with E-state index in [2.05, 4.69) is 12.2 Å². The Morgan fingerprint density at radius 2 is 2.07 bits per heavy atom. The van der Waals surface area contributed by atoms with Gasteiger partial charge in [0.05, 0.1) is 5.41 Å². The highest BCUT2D eigenvalue weighted by Gasteiger charge is 2.41. The van der Waals surface area contributed by atoms with E-state index in [1.807, 2.05) is 13.8 Å². The summed E-state index contributed by atoms with van der Waals surface area (Å²) in [6.45, 7) is 7.18. The summed E-state index contributed by atoms with van der Waals surface area (Å²) >= 11 is 0. The van der Waals surface area contributed by atoms with Crippen LogP contribution in [0.1, 0.15) is 40.0 Å². The molecule has 1 aliphatic rings. The highest BCUT2D eigenvalue weighted by atomic mass is 16.2. The average Bonchev–Trinajstić information content (AvgIpc) is 2.95. The number of amides is 1. The van der Waals surface area contributed by atoms with Gasteiger partial charge in [-0.05, 0) is 38.5 Å². The van der Waals surface area contributed by atoms with E-state index in [0.717, 1.165) is 13.0 Å². The first-order chi connectivity index (χ1) is 6.46. The van der Waals surface area contributed by atoms with E-state index in [4.69, 9.17) is 5.73 Å². The van der Waals surface area contributed by atoms with Crippen LogP contribution in [-0.2, 0) is 4.79 Å². The molecule has 1 fully saturated rings. The van der Waals surface area contributed by atoms with Gasteiger partial charge in [-0.15, -0.1) is 0 Å². The molecule has 0 saturated heterocycles. The molecule has 0 aliphatic heterocycles. The molecule has 14 heavy (non-hydrogen) atoms. The van der Waals surface area contributed by atoms with Gasteiger partial charge < -0.3 is 11.1 Å². The Morgan fingerprint density at radius 3 is 2.43 bits per heavy atom. The zero-order valence-electron chi connectivity index (χ0n) is 9.52. The average molecular weight is 198 g/mol. The van der Waals surface area contributed by atoms with Crippen LogP contribution in [0.25, 0.3) is 0 Å². The fraction of sp³-hybridized carbons (Fsp3) is 0.909. The van der Waals surface area contributed by atoms with Gasteiger partial charge >= 0.3 is 0 Å². The van der Waals surface area contributed by atoms with Crippen molar-refractivity contribution >= 4 is 5.91 Å². The second kappa shape index (κ2) is 3.89. The molecule has 0 unspecified atom stereocenters. The Morgan fingerprint density at radius 1 is 1.50 bits per heavy atom. The fourth-order valence-corrected chi connectivity index (χ4v) is 1.43. The van der Waals surface area contributed by atoms with Crippen molar-refractivity contribution in [2.24, 2.45) is 16.6 Å². The van der Waals surface area contributed by atoms with Crippen molar-refractivity contribution in [1.82, 2.24) is 5.32 Å². The van der Waals surface area contributed by atoms with Gasteiger partial charge in [-0.1, -0.05) is 6.92 Å². The van der Waals surface area contributed by atoms with Crippen LogP contribution in [0.4, 0.5) is 0 Å². The Bertz CT molecular complexity index is 219. The molecular formula is C11H22N2O. The van der Waals surface area contributed by atoms with E-state index in [-0.39, 0.29) is 5.91 Å². The fourth-order valence-electron chi connectivity index (χ4n) is 1.43. The van der Waals surface area contributed by atoms with Gasteiger partial charge in [0, 0.05) is 13.1 Å². The first-order valence-electron chi connectivity index (χ1n) is 5.44. The molecule has 1 amide bonds. The summed E-state index contributed by atoms with van der Waals surface area (Å²) in [5.41, 5.74) is 5.52. The molecule has 0 bridgehead atoms. The molecule has 1 aliphatic carbocycles. The van der Waals surface area contributed by atoms with E-state index in [9.17, 15) is 4.79 Å². The minimum absolute atomic E-state index is 0.0831. The van der Waals surface area contributed by atoms with E-state index in [1.54, 1.807) is 0 Å². The van der Waals surface area contributed by atoms with Gasteiger partial charge in [0.15, 0.2) is 0 Å². The smallest absolute Gasteiger partial charge is 0.226 e. The van der Waals surface area contributed by atoms with Crippen LogP contribution in [0, 0.1) is 10.8 Å². The summed E-state index contributed by atoms with van der Waals surface area (Å²) in [5, 5.41) is 3.01. The second-order valence-electron chi connectivity index (χ2n) is 5.12. The summed E-state index contributed by atoms with van der Waals surface area (Å²) in [5.74, 6) is 0.0831. The van der Waals surface area contributed by atoms with E-state index in [1.165, 1.54) is 12.8 Å². The van der Waals surface area contributed by atoms with Crippen molar-refractivity contribution in [2.75, 3.05) is 13.1 Å². The number of hydrogen-bond donors (Lipinski definition) is 2. The van der Waals surface area contributed by atoms with Crippen LogP contribution in [0.3, 0.4) is 0 Å². The minimum atomic E-state index is -0.427. The highest BCUT2D eigenvalue weighted by Crippen LogP contribution is 2.47.